The molecule has 1 aliphatic heterocycles. The van der Waals surface area contributed by atoms with Gasteiger partial charge in [-0.3, -0.25) is 0 Å². The maximum atomic E-state index is 5.90. The van der Waals surface area contributed by atoms with E-state index in [4.69, 9.17) is 16.3 Å². The third-order valence-corrected chi connectivity index (χ3v) is 4.54. The van der Waals surface area contributed by atoms with Crippen LogP contribution >= 0.6 is 27.5 Å². The Labute approximate surface area is 126 Å². The Morgan fingerprint density at radius 3 is 2.58 bits per heavy atom. The molecule has 0 bridgehead atoms. The number of alkyl halides is 1. The standard InChI is InChI=1S/C16H14BrClO/c17-16(7-11-1-5-15(18)6-2-11)12-3-4-13-9-19-10-14(13)8-12/h1-6,8,16H,7,9-10H2. The fraction of sp³-hybridized carbons (Fsp3) is 0.250. The second-order valence-electron chi connectivity index (χ2n) is 4.82. The van der Waals surface area contributed by atoms with E-state index < -0.39 is 0 Å². The topological polar surface area (TPSA) is 9.23 Å². The molecule has 0 amide bonds. The van der Waals surface area contributed by atoms with Gasteiger partial charge in [-0.1, -0.05) is 57.9 Å². The molecule has 3 heteroatoms. The van der Waals surface area contributed by atoms with Crippen LogP contribution in [0.25, 0.3) is 0 Å². The van der Waals surface area contributed by atoms with E-state index in [1.807, 2.05) is 12.1 Å². The molecule has 0 radical (unpaired) electrons. The van der Waals surface area contributed by atoms with Crippen molar-refractivity contribution < 1.29 is 4.74 Å². The quantitative estimate of drug-likeness (QED) is 0.712. The van der Waals surface area contributed by atoms with Crippen molar-refractivity contribution in [2.45, 2.75) is 24.5 Å². The van der Waals surface area contributed by atoms with Gasteiger partial charge in [-0.2, -0.15) is 0 Å². The summed E-state index contributed by atoms with van der Waals surface area (Å²) in [6.07, 6.45) is 0.955. The highest BCUT2D eigenvalue weighted by atomic mass is 79.9. The third-order valence-electron chi connectivity index (χ3n) is 3.44. The molecule has 0 fully saturated rings. The lowest BCUT2D eigenvalue weighted by Gasteiger charge is -2.12. The highest BCUT2D eigenvalue weighted by Gasteiger charge is 2.15. The summed E-state index contributed by atoms with van der Waals surface area (Å²) in [5.41, 5.74) is 5.22. The molecule has 2 aromatic carbocycles. The van der Waals surface area contributed by atoms with Crippen molar-refractivity contribution >= 4 is 27.5 Å². The third kappa shape index (κ3) is 3.02. The summed E-state index contributed by atoms with van der Waals surface area (Å²) < 4.78 is 5.45. The number of halogens is 2. The molecule has 1 aliphatic rings. The zero-order chi connectivity index (χ0) is 13.2. The summed E-state index contributed by atoms with van der Waals surface area (Å²) >= 11 is 9.68. The molecule has 0 aromatic heterocycles. The Morgan fingerprint density at radius 1 is 1.05 bits per heavy atom. The van der Waals surface area contributed by atoms with Gasteiger partial charge in [0.2, 0.25) is 0 Å². The maximum Gasteiger partial charge on any atom is 0.0725 e. The molecule has 0 spiro atoms. The van der Waals surface area contributed by atoms with Crippen LogP contribution in [0.1, 0.15) is 27.1 Å². The van der Waals surface area contributed by atoms with Crippen LogP contribution in [0, 0.1) is 0 Å². The second-order valence-corrected chi connectivity index (χ2v) is 6.36. The average molecular weight is 338 g/mol. The molecule has 1 heterocycles. The van der Waals surface area contributed by atoms with Gasteiger partial charge in [-0.15, -0.1) is 0 Å². The number of hydrogen-bond acceptors (Lipinski definition) is 1. The monoisotopic (exact) mass is 336 g/mol. The van der Waals surface area contributed by atoms with Gasteiger partial charge in [0, 0.05) is 9.85 Å². The highest BCUT2D eigenvalue weighted by Crippen LogP contribution is 2.31. The Kier molecular flexibility index (Phi) is 3.92. The largest absolute Gasteiger partial charge is 0.372 e. The van der Waals surface area contributed by atoms with E-state index in [1.54, 1.807) is 0 Å². The van der Waals surface area contributed by atoms with Crippen LogP contribution in [0.15, 0.2) is 42.5 Å². The van der Waals surface area contributed by atoms with Crippen LogP contribution < -0.4 is 0 Å². The summed E-state index contributed by atoms with van der Waals surface area (Å²) in [6, 6.07) is 14.6. The molecule has 3 rings (SSSR count). The Balaban J connectivity index is 1.76. The minimum atomic E-state index is 0.319. The van der Waals surface area contributed by atoms with Gasteiger partial charge < -0.3 is 4.74 Å². The van der Waals surface area contributed by atoms with Gasteiger partial charge in [0.15, 0.2) is 0 Å². The van der Waals surface area contributed by atoms with Crippen LogP contribution in [0.4, 0.5) is 0 Å². The fourth-order valence-electron chi connectivity index (χ4n) is 2.33. The van der Waals surface area contributed by atoms with Gasteiger partial charge in [0.25, 0.3) is 0 Å². The summed E-state index contributed by atoms with van der Waals surface area (Å²) in [7, 11) is 0. The average Bonchev–Trinajstić information content (AvgIpc) is 2.88. The van der Waals surface area contributed by atoms with E-state index in [1.165, 1.54) is 22.3 Å². The van der Waals surface area contributed by atoms with Gasteiger partial charge in [-0.05, 0) is 40.8 Å². The number of benzene rings is 2. The Bertz CT molecular complexity index is 580. The molecule has 1 nitrogen and oxygen atoms in total. The van der Waals surface area contributed by atoms with E-state index in [-0.39, 0.29) is 0 Å². The summed E-state index contributed by atoms with van der Waals surface area (Å²) in [6.45, 7) is 1.49. The smallest absolute Gasteiger partial charge is 0.0725 e. The van der Waals surface area contributed by atoms with Crippen LogP contribution in [0.3, 0.4) is 0 Å². The van der Waals surface area contributed by atoms with Crippen LogP contribution in [-0.4, -0.2) is 0 Å². The van der Waals surface area contributed by atoms with Crippen molar-refractivity contribution in [3.8, 4) is 0 Å². The zero-order valence-electron chi connectivity index (χ0n) is 10.4. The van der Waals surface area contributed by atoms with Crippen molar-refractivity contribution in [1.82, 2.24) is 0 Å². The van der Waals surface area contributed by atoms with Gasteiger partial charge in [0.1, 0.15) is 0 Å². The fourth-order valence-corrected chi connectivity index (χ4v) is 3.12. The van der Waals surface area contributed by atoms with E-state index in [0.29, 0.717) is 4.83 Å². The molecule has 0 N–H and O–H groups in total. The van der Waals surface area contributed by atoms with E-state index in [9.17, 15) is 0 Å². The lowest BCUT2D eigenvalue weighted by Crippen LogP contribution is -1.97. The Morgan fingerprint density at radius 2 is 1.79 bits per heavy atom. The lowest BCUT2D eigenvalue weighted by molar-refractivity contribution is 0.134. The van der Waals surface area contributed by atoms with Crippen LogP contribution in [-0.2, 0) is 24.4 Å². The molecule has 2 aromatic rings. The van der Waals surface area contributed by atoms with Crippen LogP contribution in [0.5, 0.6) is 0 Å². The molecule has 1 atom stereocenters. The maximum absolute atomic E-state index is 5.90. The molecule has 0 saturated carbocycles. The van der Waals surface area contributed by atoms with Gasteiger partial charge in [-0.25, -0.2) is 0 Å². The highest BCUT2D eigenvalue weighted by molar-refractivity contribution is 9.09. The zero-order valence-corrected chi connectivity index (χ0v) is 12.7. The first-order valence-corrected chi connectivity index (χ1v) is 7.60. The van der Waals surface area contributed by atoms with Crippen molar-refractivity contribution in [2.75, 3.05) is 0 Å². The normalized spacial score (nSPS) is 15.3. The molecule has 1 unspecified atom stereocenters. The predicted octanol–water partition coefficient (Wildman–Crippen LogP) is 5.05. The second kappa shape index (κ2) is 5.66. The van der Waals surface area contributed by atoms with Crippen molar-refractivity contribution in [3.63, 3.8) is 0 Å². The van der Waals surface area contributed by atoms with Crippen molar-refractivity contribution in [3.05, 3.63) is 69.7 Å². The molecule has 19 heavy (non-hydrogen) atoms. The first-order valence-electron chi connectivity index (χ1n) is 6.30. The Hall–Kier alpha value is -0.830. The van der Waals surface area contributed by atoms with E-state index in [2.05, 4.69) is 46.3 Å². The number of fused-ring (bicyclic) bond motifs is 1. The van der Waals surface area contributed by atoms with Gasteiger partial charge >= 0.3 is 0 Å². The van der Waals surface area contributed by atoms with E-state index in [0.717, 1.165) is 24.7 Å². The number of hydrogen-bond donors (Lipinski definition) is 0. The summed E-state index contributed by atoms with van der Waals surface area (Å²) in [4.78, 5) is 0.319. The van der Waals surface area contributed by atoms with Crippen molar-refractivity contribution in [2.24, 2.45) is 0 Å². The molecular formula is C16H14BrClO. The van der Waals surface area contributed by atoms with Crippen LogP contribution in [0.2, 0.25) is 5.02 Å². The van der Waals surface area contributed by atoms with Gasteiger partial charge in [0.05, 0.1) is 13.2 Å². The molecular weight excluding hydrogens is 324 g/mol. The summed E-state index contributed by atoms with van der Waals surface area (Å²) in [5.74, 6) is 0. The number of rotatable bonds is 3. The first kappa shape index (κ1) is 13.2. The summed E-state index contributed by atoms with van der Waals surface area (Å²) in [5, 5.41) is 0.782. The minimum absolute atomic E-state index is 0.319. The molecule has 0 aliphatic carbocycles. The lowest BCUT2D eigenvalue weighted by atomic mass is 10.0. The van der Waals surface area contributed by atoms with E-state index >= 15 is 0 Å². The van der Waals surface area contributed by atoms with Crippen molar-refractivity contribution in [1.29, 1.82) is 0 Å². The molecule has 98 valence electrons. The molecule has 0 saturated heterocycles. The first-order chi connectivity index (χ1) is 9.22. The number of ether oxygens (including phenoxy) is 1. The predicted molar refractivity (Wildman–Crippen MR) is 81.8 cm³/mol. The SMILES string of the molecule is Clc1ccc(CC(Br)c2ccc3c(c2)COC3)cc1. The minimum Gasteiger partial charge on any atom is -0.372 e.